The van der Waals surface area contributed by atoms with Crippen LogP contribution < -0.4 is 5.32 Å². The molecule has 0 unspecified atom stereocenters. The molecule has 2 rings (SSSR count). The quantitative estimate of drug-likeness (QED) is 0.795. The number of nitrogens with one attached hydrogen (secondary N) is 1. The van der Waals surface area contributed by atoms with E-state index in [-0.39, 0.29) is 18.5 Å². The van der Waals surface area contributed by atoms with Crippen LogP contribution in [0, 0.1) is 5.82 Å². The molecule has 0 atom stereocenters. The van der Waals surface area contributed by atoms with Gasteiger partial charge in [-0.1, -0.05) is 6.42 Å². The fraction of sp³-hybridized carbons (Fsp3) is 0.467. The lowest BCUT2D eigenvalue weighted by atomic mass is 10.2. The van der Waals surface area contributed by atoms with Gasteiger partial charge in [-0.2, -0.15) is 4.31 Å². The van der Waals surface area contributed by atoms with Gasteiger partial charge in [0.05, 0.1) is 6.42 Å². The summed E-state index contributed by atoms with van der Waals surface area (Å²) in [6.07, 6.45) is 2.11. The molecular weight excluding hydrogens is 339 g/mol. The zero-order valence-electron chi connectivity index (χ0n) is 13.0. The Balaban J connectivity index is 2.21. The predicted octanol–water partition coefficient (Wildman–Crippen LogP) is 1.20. The Morgan fingerprint density at radius 3 is 2.50 bits per heavy atom. The second kappa shape index (κ2) is 7.71. The second-order valence-electron chi connectivity index (χ2n) is 5.51. The van der Waals surface area contributed by atoms with Gasteiger partial charge < -0.3 is 10.4 Å². The first kappa shape index (κ1) is 18.3. The number of carbonyl (C=O) groups excluding carboxylic acids is 1. The molecule has 0 radical (unpaired) electrons. The fourth-order valence-electron chi connectivity index (χ4n) is 2.47. The summed E-state index contributed by atoms with van der Waals surface area (Å²) in [5, 5.41) is 10.9. The van der Waals surface area contributed by atoms with E-state index in [0.717, 1.165) is 31.4 Å². The highest BCUT2D eigenvalue weighted by atomic mass is 32.2. The topological polar surface area (TPSA) is 104 Å². The molecule has 1 amide bonds. The average Bonchev–Trinajstić information content (AvgIpc) is 2.55. The van der Waals surface area contributed by atoms with Gasteiger partial charge in [0, 0.05) is 25.2 Å². The number of hydrogen-bond donors (Lipinski definition) is 2. The molecule has 1 aliphatic rings. The summed E-state index contributed by atoms with van der Waals surface area (Å²) < 4.78 is 40.4. The molecule has 1 aliphatic heterocycles. The molecule has 1 fully saturated rings. The molecule has 1 aromatic rings. The summed E-state index contributed by atoms with van der Waals surface area (Å²) >= 11 is 0. The van der Waals surface area contributed by atoms with Crippen molar-refractivity contribution in [1.82, 2.24) is 9.62 Å². The van der Waals surface area contributed by atoms with Crippen LogP contribution in [-0.2, 0) is 14.8 Å². The highest BCUT2D eigenvalue weighted by Gasteiger charge is 2.29. The third-order valence-corrected chi connectivity index (χ3v) is 5.66. The number of carboxylic acid groups (broad SMARTS) is 1. The summed E-state index contributed by atoms with van der Waals surface area (Å²) in [4.78, 5) is 21.9. The predicted molar refractivity (Wildman–Crippen MR) is 83.6 cm³/mol. The lowest BCUT2D eigenvalue weighted by Gasteiger charge is -2.26. The molecule has 0 aromatic heterocycles. The van der Waals surface area contributed by atoms with Gasteiger partial charge >= 0.3 is 5.97 Å². The van der Waals surface area contributed by atoms with Crippen LogP contribution in [-0.4, -0.2) is 49.3 Å². The van der Waals surface area contributed by atoms with Gasteiger partial charge in [0.1, 0.15) is 10.7 Å². The van der Waals surface area contributed by atoms with E-state index >= 15 is 0 Å². The molecule has 24 heavy (non-hydrogen) atoms. The molecule has 2 N–H and O–H groups in total. The van der Waals surface area contributed by atoms with Gasteiger partial charge in [0.2, 0.25) is 10.0 Å². The Hall–Kier alpha value is -2.00. The number of aliphatic carboxylic acids is 1. The van der Waals surface area contributed by atoms with Crippen molar-refractivity contribution in [1.29, 1.82) is 0 Å². The first-order valence-electron chi connectivity index (χ1n) is 7.62. The number of amides is 1. The fourth-order valence-corrected chi connectivity index (χ4v) is 4.08. The third kappa shape index (κ3) is 4.30. The number of piperidine rings is 1. The van der Waals surface area contributed by atoms with Crippen molar-refractivity contribution in [2.45, 2.75) is 30.6 Å². The van der Waals surface area contributed by atoms with Gasteiger partial charge in [-0.25, -0.2) is 12.8 Å². The molecule has 132 valence electrons. The van der Waals surface area contributed by atoms with Crippen molar-refractivity contribution in [3.63, 3.8) is 0 Å². The molecule has 1 aromatic carbocycles. The lowest BCUT2D eigenvalue weighted by molar-refractivity contribution is -0.136. The van der Waals surface area contributed by atoms with Crippen LogP contribution in [0.2, 0.25) is 0 Å². The maximum Gasteiger partial charge on any atom is 0.305 e. The summed E-state index contributed by atoms with van der Waals surface area (Å²) in [7, 11) is -4.00. The van der Waals surface area contributed by atoms with E-state index in [1.807, 2.05) is 0 Å². The molecule has 9 heteroatoms. The van der Waals surface area contributed by atoms with Crippen molar-refractivity contribution in [2.75, 3.05) is 19.6 Å². The molecule has 0 spiro atoms. The highest BCUT2D eigenvalue weighted by Crippen LogP contribution is 2.23. The Labute approximate surface area is 139 Å². The first-order valence-corrected chi connectivity index (χ1v) is 9.06. The number of hydrogen-bond acceptors (Lipinski definition) is 4. The molecule has 0 aliphatic carbocycles. The van der Waals surface area contributed by atoms with Gasteiger partial charge in [-0.15, -0.1) is 0 Å². The average molecular weight is 358 g/mol. The first-order chi connectivity index (χ1) is 11.3. The molecule has 1 heterocycles. The molecule has 7 nitrogen and oxygen atoms in total. The van der Waals surface area contributed by atoms with Gasteiger partial charge in [-0.05, 0) is 31.0 Å². The molecule has 0 saturated carbocycles. The number of rotatable bonds is 6. The van der Waals surface area contributed by atoms with Crippen LogP contribution in [0.3, 0.4) is 0 Å². The summed E-state index contributed by atoms with van der Waals surface area (Å²) in [5.41, 5.74) is -0.0302. The summed E-state index contributed by atoms with van der Waals surface area (Å²) in [6, 6.07) is 3.10. The molecule has 1 saturated heterocycles. The maximum absolute atomic E-state index is 14.0. The Kier molecular flexibility index (Phi) is 5.89. The van der Waals surface area contributed by atoms with Crippen LogP contribution in [0.25, 0.3) is 0 Å². The number of halogens is 1. The van der Waals surface area contributed by atoms with Gasteiger partial charge in [-0.3, -0.25) is 9.59 Å². The minimum Gasteiger partial charge on any atom is -0.481 e. The van der Waals surface area contributed by atoms with Crippen molar-refractivity contribution in [3.05, 3.63) is 29.6 Å². The normalized spacial score (nSPS) is 15.9. The van der Waals surface area contributed by atoms with Crippen molar-refractivity contribution in [3.8, 4) is 0 Å². The molecular formula is C15H19FN2O5S. The largest absolute Gasteiger partial charge is 0.481 e. The number of nitrogens with zero attached hydrogens (tertiary/aromatic N) is 1. The third-order valence-electron chi connectivity index (χ3n) is 3.75. The van der Waals surface area contributed by atoms with E-state index in [0.29, 0.717) is 13.1 Å². The van der Waals surface area contributed by atoms with Crippen LogP contribution in [0.5, 0.6) is 0 Å². The van der Waals surface area contributed by atoms with E-state index < -0.39 is 32.6 Å². The summed E-state index contributed by atoms with van der Waals surface area (Å²) in [5.74, 6) is -2.63. The summed E-state index contributed by atoms with van der Waals surface area (Å²) in [6.45, 7) is 0.563. The zero-order chi connectivity index (χ0) is 17.7. The van der Waals surface area contributed by atoms with Crippen LogP contribution in [0.4, 0.5) is 4.39 Å². The minimum absolute atomic E-state index is 0.0302. The van der Waals surface area contributed by atoms with Crippen LogP contribution >= 0.6 is 0 Å². The van der Waals surface area contributed by atoms with E-state index in [9.17, 15) is 22.4 Å². The SMILES string of the molecule is O=C(O)CCNC(=O)c1ccc(F)c(S(=O)(=O)N2CCCCC2)c1. The second-order valence-corrected chi connectivity index (χ2v) is 7.42. The number of carbonyl (C=O) groups is 2. The van der Waals surface area contributed by atoms with Gasteiger partial charge in [0.15, 0.2) is 0 Å². The van der Waals surface area contributed by atoms with Crippen LogP contribution in [0.1, 0.15) is 36.0 Å². The van der Waals surface area contributed by atoms with E-state index in [1.54, 1.807) is 0 Å². The van der Waals surface area contributed by atoms with E-state index in [1.165, 1.54) is 10.4 Å². The van der Waals surface area contributed by atoms with Gasteiger partial charge in [0.25, 0.3) is 5.91 Å². The van der Waals surface area contributed by atoms with Crippen LogP contribution in [0.15, 0.2) is 23.1 Å². The molecule has 0 bridgehead atoms. The number of carboxylic acids is 1. The Morgan fingerprint density at radius 1 is 1.21 bits per heavy atom. The van der Waals surface area contributed by atoms with Crippen molar-refractivity contribution >= 4 is 21.9 Å². The number of sulfonamides is 1. The highest BCUT2D eigenvalue weighted by molar-refractivity contribution is 7.89. The Bertz CT molecular complexity index is 729. The van der Waals surface area contributed by atoms with E-state index in [4.69, 9.17) is 5.11 Å². The smallest absolute Gasteiger partial charge is 0.305 e. The minimum atomic E-state index is -4.00. The standard InChI is InChI=1S/C15H19FN2O5S/c16-12-5-4-11(15(21)17-7-6-14(19)20)10-13(12)24(22,23)18-8-2-1-3-9-18/h4-5,10H,1-3,6-9H2,(H,17,21)(H,19,20). The maximum atomic E-state index is 14.0. The van der Waals surface area contributed by atoms with E-state index in [2.05, 4.69) is 5.32 Å². The monoisotopic (exact) mass is 358 g/mol. The van der Waals surface area contributed by atoms with Crippen molar-refractivity contribution in [2.24, 2.45) is 0 Å². The van der Waals surface area contributed by atoms with Crippen molar-refractivity contribution < 1.29 is 27.5 Å². The Morgan fingerprint density at radius 2 is 1.88 bits per heavy atom. The zero-order valence-corrected chi connectivity index (χ0v) is 13.8. The number of benzene rings is 1. The lowest BCUT2D eigenvalue weighted by Crippen LogP contribution is -2.36.